The van der Waals surface area contributed by atoms with E-state index in [0.29, 0.717) is 22.0 Å². The van der Waals surface area contributed by atoms with Crippen LogP contribution in [0.1, 0.15) is 5.56 Å². The van der Waals surface area contributed by atoms with Crippen molar-refractivity contribution < 1.29 is 9.90 Å². The topological polar surface area (TPSA) is 75.3 Å². The second kappa shape index (κ2) is 5.63. The SMILES string of the molecule is Nc1ccc(Cl)cc1NC(=O)Cc1ccccc1O. The Bertz CT molecular complexity index is 614. The highest BCUT2D eigenvalue weighted by Crippen LogP contribution is 2.23. The molecule has 0 spiro atoms. The second-order valence-electron chi connectivity index (χ2n) is 4.09. The number of nitrogens with one attached hydrogen (secondary N) is 1. The van der Waals surface area contributed by atoms with Gasteiger partial charge in [-0.25, -0.2) is 0 Å². The van der Waals surface area contributed by atoms with Crippen molar-refractivity contribution in [3.05, 3.63) is 53.1 Å². The molecule has 4 nitrogen and oxygen atoms in total. The van der Waals surface area contributed by atoms with Crippen LogP contribution in [0.25, 0.3) is 0 Å². The minimum absolute atomic E-state index is 0.0681. The number of anilines is 2. The number of nitrogens with two attached hydrogens (primary N) is 1. The molecule has 0 aromatic heterocycles. The van der Waals surface area contributed by atoms with Gasteiger partial charge in [0.25, 0.3) is 0 Å². The van der Waals surface area contributed by atoms with E-state index in [1.54, 1.807) is 36.4 Å². The maximum absolute atomic E-state index is 11.9. The van der Waals surface area contributed by atoms with Crippen LogP contribution in [0.4, 0.5) is 11.4 Å². The quantitative estimate of drug-likeness (QED) is 0.755. The van der Waals surface area contributed by atoms with Gasteiger partial charge in [0.15, 0.2) is 0 Å². The van der Waals surface area contributed by atoms with Crippen molar-refractivity contribution >= 4 is 28.9 Å². The summed E-state index contributed by atoms with van der Waals surface area (Å²) in [6.45, 7) is 0. The third-order valence-electron chi connectivity index (χ3n) is 2.63. The van der Waals surface area contributed by atoms with E-state index in [1.165, 1.54) is 6.07 Å². The van der Waals surface area contributed by atoms with Crippen molar-refractivity contribution in [2.75, 3.05) is 11.1 Å². The normalized spacial score (nSPS) is 10.2. The zero-order valence-corrected chi connectivity index (χ0v) is 10.8. The first-order valence-corrected chi connectivity index (χ1v) is 6.06. The monoisotopic (exact) mass is 276 g/mol. The van der Waals surface area contributed by atoms with Crippen LogP contribution in [0.5, 0.6) is 5.75 Å². The van der Waals surface area contributed by atoms with Crippen LogP contribution in [0.2, 0.25) is 5.02 Å². The van der Waals surface area contributed by atoms with Gasteiger partial charge in [-0.1, -0.05) is 29.8 Å². The fourth-order valence-corrected chi connectivity index (χ4v) is 1.84. The van der Waals surface area contributed by atoms with Crippen LogP contribution in [0, 0.1) is 0 Å². The fraction of sp³-hybridized carbons (Fsp3) is 0.0714. The van der Waals surface area contributed by atoms with Gasteiger partial charge in [0.1, 0.15) is 5.75 Å². The summed E-state index contributed by atoms with van der Waals surface area (Å²) in [5.41, 5.74) is 7.20. The number of hydrogen-bond donors (Lipinski definition) is 3. The molecule has 19 heavy (non-hydrogen) atoms. The number of rotatable bonds is 3. The Labute approximate surface area is 115 Å². The van der Waals surface area contributed by atoms with Crippen LogP contribution in [0.3, 0.4) is 0 Å². The van der Waals surface area contributed by atoms with Gasteiger partial charge in [-0.05, 0) is 24.3 Å². The summed E-state index contributed by atoms with van der Waals surface area (Å²) in [6.07, 6.45) is 0.0681. The molecule has 4 N–H and O–H groups in total. The minimum atomic E-state index is -0.268. The van der Waals surface area contributed by atoms with Gasteiger partial charge in [0.2, 0.25) is 5.91 Å². The molecule has 0 aliphatic rings. The zero-order chi connectivity index (χ0) is 13.8. The molecule has 5 heteroatoms. The van der Waals surface area contributed by atoms with E-state index in [2.05, 4.69) is 5.32 Å². The number of phenols is 1. The highest BCUT2D eigenvalue weighted by molar-refractivity contribution is 6.31. The number of carbonyl (C=O) groups excluding carboxylic acids is 1. The Morgan fingerprint density at radius 1 is 1.26 bits per heavy atom. The van der Waals surface area contributed by atoms with Crippen LogP contribution in [-0.2, 0) is 11.2 Å². The maximum Gasteiger partial charge on any atom is 0.228 e. The molecule has 1 amide bonds. The number of hydrogen-bond acceptors (Lipinski definition) is 3. The average Bonchev–Trinajstić information content (AvgIpc) is 2.37. The number of aromatic hydroxyl groups is 1. The highest BCUT2D eigenvalue weighted by Gasteiger charge is 2.09. The molecule has 0 atom stereocenters. The van der Waals surface area contributed by atoms with Crippen molar-refractivity contribution in [3.63, 3.8) is 0 Å². The van der Waals surface area contributed by atoms with E-state index in [0.717, 1.165) is 0 Å². The van der Waals surface area contributed by atoms with E-state index >= 15 is 0 Å². The summed E-state index contributed by atoms with van der Waals surface area (Å²) in [4.78, 5) is 11.9. The number of benzene rings is 2. The van der Waals surface area contributed by atoms with Crippen molar-refractivity contribution in [3.8, 4) is 5.75 Å². The molecule has 0 aliphatic carbocycles. The van der Waals surface area contributed by atoms with Gasteiger partial charge < -0.3 is 16.2 Å². The molecule has 0 unspecified atom stereocenters. The van der Waals surface area contributed by atoms with Crippen molar-refractivity contribution in [1.29, 1.82) is 0 Å². The number of amides is 1. The average molecular weight is 277 g/mol. The standard InChI is InChI=1S/C14H13ClN2O2/c15-10-5-6-11(16)12(8-10)17-14(19)7-9-3-1-2-4-13(9)18/h1-6,8,18H,7,16H2,(H,17,19). The first-order valence-electron chi connectivity index (χ1n) is 5.68. The van der Waals surface area contributed by atoms with E-state index in [9.17, 15) is 9.90 Å². The lowest BCUT2D eigenvalue weighted by Crippen LogP contribution is -2.15. The van der Waals surface area contributed by atoms with Crippen LogP contribution in [0.15, 0.2) is 42.5 Å². The summed E-state index contributed by atoms with van der Waals surface area (Å²) in [7, 11) is 0. The Hall–Kier alpha value is -2.20. The largest absolute Gasteiger partial charge is 0.508 e. The van der Waals surface area contributed by atoms with E-state index < -0.39 is 0 Å². The van der Waals surface area contributed by atoms with Gasteiger partial charge in [0.05, 0.1) is 17.8 Å². The third kappa shape index (κ3) is 3.39. The molecule has 0 heterocycles. The van der Waals surface area contributed by atoms with Crippen molar-refractivity contribution in [1.82, 2.24) is 0 Å². The predicted molar refractivity (Wildman–Crippen MR) is 76.3 cm³/mol. The van der Waals surface area contributed by atoms with Gasteiger partial charge in [-0.2, -0.15) is 0 Å². The Balaban J connectivity index is 2.10. The van der Waals surface area contributed by atoms with Crippen LogP contribution < -0.4 is 11.1 Å². The number of carbonyl (C=O) groups is 1. The lowest BCUT2D eigenvalue weighted by Gasteiger charge is -2.09. The number of nitrogen functional groups attached to an aromatic ring is 1. The molecule has 2 rings (SSSR count). The Morgan fingerprint density at radius 2 is 2.00 bits per heavy atom. The Morgan fingerprint density at radius 3 is 2.74 bits per heavy atom. The molecule has 0 saturated heterocycles. The molecule has 0 aliphatic heterocycles. The van der Waals surface area contributed by atoms with Gasteiger partial charge in [0, 0.05) is 10.6 Å². The maximum atomic E-state index is 11.9. The van der Waals surface area contributed by atoms with Gasteiger partial charge >= 0.3 is 0 Å². The molecule has 2 aromatic carbocycles. The van der Waals surface area contributed by atoms with Gasteiger partial charge in [-0.3, -0.25) is 4.79 Å². The molecule has 0 fully saturated rings. The second-order valence-corrected chi connectivity index (χ2v) is 4.52. The summed E-state index contributed by atoms with van der Waals surface area (Å²) in [5, 5.41) is 12.8. The van der Waals surface area contributed by atoms with E-state index in [4.69, 9.17) is 17.3 Å². The summed E-state index contributed by atoms with van der Waals surface area (Å²) < 4.78 is 0. The number of phenolic OH excluding ortho intramolecular Hbond substituents is 1. The van der Waals surface area contributed by atoms with E-state index in [-0.39, 0.29) is 18.1 Å². The number of halogens is 1. The summed E-state index contributed by atoms with van der Waals surface area (Å²) in [5.74, 6) is -0.174. The first-order chi connectivity index (χ1) is 9.06. The molecule has 0 radical (unpaired) electrons. The Kier molecular flexibility index (Phi) is 3.92. The first kappa shape index (κ1) is 13.2. The van der Waals surface area contributed by atoms with Crippen molar-refractivity contribution in [2.24, 2.45) is 0 Å². The van der Waals surface area contributed by atoms with Gasteiger partial charge in [-0.15, -0.1) is 0 Å². The molecule has 0 bridgehead atoms. The van der Waals surface area contributed by atoms with Crippen LogP contribution >= 0.6 is 11.6 Å². The third-order valence-corrected chi connectivity index (χ3v) is 2.87. The summed E-state index contributed by atoms with van der Waals surface area (Å²) >= 11 is 5.84. The lowest BCUT2D eigenvalue weighted by molar-refractivity contribution is -0.115. The predicted octanol–water partition coefficient (Wildman–Crippen LogP) is 2.81. The molecule has 2 aromatic rings. The fourth-order valence-electron chi connectivity index (χ4n) is 1.66. The van der Waals surface area contributed by atoms with Crippen molar-refractivity contribution in [2.45, 2.75) is 6.42 Å². The summed E-state index contributed by atoms with van der Waals surface area (Å²) in [6, 6.07) is 11.5. The minimum Gasteiger partial charge on any atom is -0.508 e. The molecule has 0 saturated carbocycles. The smallest absolute Gasteiger partial charge is 0.228 e. The molecule has 98 valence electrons. The zero-order valence-electron chi connectivity index (χ0n) is 10.1. The molecular weight excluding hydrogens is 264 g/mol. The highest BCUT2D eigenvalue weighted by atomic mass is 35.5. The number of para-hydroxylation sites is 1. The van der Waals surface area contributed by atoms with Crippen LogP contribution in [-0.4, -0.2) is 11.0 Å². The van der Waals surface area contributed by atoms with E-state index in [1.807, 2.05) is 0 Å². The lowest BCUT2D eigenvalue weighted by atomic mass is 10.1. The molecular formula is C14H13ClN2O2.